The van der Waals surface area contributed by atoms with Gasteiger partial charge in [0.15, 0.2) is 0 Å². The summed E-state index contributed by atoms with van der Waals surface area (Å²) in [5, 5.41) is 11.0. The predicted octanol–water partition coefficient (Wildman–Crippen LogP) is 1.88. The smallest absolute Gasteiger partial charge is 0.293 e. The lowest BCUT2D eigenvalue weighted by molar-refractivity contribution is -0.384. The minimum Gasteiger partial charge on any atom is -0.377 e. The van der Waals surface area contributed by atoms with Crippen LogP contribution >= 0.6 is 0 Å². The molecule has 1 aliphatic heterocycles. The van der Waals surface area contributed by atoms with E-state index in [2.05, 4.69) is 10.3 Å². The van der Waals surface area contributed by atoms with Crippen LogP contribution < -0.4 is 11.3 Å². The van der Waals surface area contributed by atoms with E-state index in [0.717, 1.165) is 31.5 Å². The number of likely N-dealkylation sites (tertiary alicyclic amines) is 1. The molecule has 1 aliphatic rings. The summed E-state index contributed by atoms with van der Waals surface area (Å²) in [5.41, 5.74) is 3.71. The first-order chi connectivity index (χ1) is 10.2. The van der Waals surface area contributed by atoms with Crippen LogP contribution in [0.1, 0.15) is 25.3 Å². The van der Waals surface area contributed by atoms with Crippen LogP contribution in [0.3, 0.4) is 0 Å². The molecule has 0 radical (unpaired) electrons. The van der Waals surface area contributed by atoms with Crippen molar-refractivity contribution in [2.24, 2.45) is 5.84 Å². The Morgan fingerprint density at radius 3 is 3.05 bits per heavy atom. The highest BCUT2D eigenvalue weighted by molar-refractivity contribution is 5.65. The van der Waals surface area contributed by atoms with Gasteiger partial charge in [0.1, 0.15) is 5.69 Å². The maximum atomic E-state index is 11.0. The summed E-state index contributed by atoms with van der Waals surface area (Å²) in [6.45, 7) is 5.16. The van der Waals surface area contributed by atoms with Crippen molar-refractivity contribution in [3.63, 3.8) is 0 Å². The number of ether oxygens (including phenoxy) is 1. The Balaban J connectivity index is 2.12. The van der Waals surface area contributed by atoms with Crippen LogP contribution in [0.5, 0.6) is 0 Å². The summed E-state index contributed by atoms with van der Waals surface area (Å²) >= 11 is 0. The molecule has 0 bridgehead atoms. The number of piperidine rings is 1. The first-order valence-corrected chi connectivity index (χ1v) is 7.22. The van der Waals surface area contributed by atoms with Crippen molar-refractivity contribution in [1.82, 2.24) is 4.90 Å². The lowest BCUT2D eigenvalue weighted by Crippen LogP contribution is -2.39. The molecule has 0 aliphatic carbocycles. The fourth-order valence-corrected chi connectivity index (χ4v) is 2.81. The maximum Gasteiger partial charge on any atom is 0.293 e. The lowest BCUT2D eigenvalue weighted by Gasteiger charge is -2.32. The normalized spacial score (nSPS) is 19.4. The van der Waals surface area contributed by atoms with Gasteiger partial charge in [0.25, 0.3) is 5.69 Å². The number of anilines is 1. The second-order valence-electron chi connectivity index (χ2n) is 5.17. The number of hydrogen-bond acceptors (Lipinski definition) is 6. The number of nitro groups is 1. The van der Waals surface area contributed by atoms with Gasteiger partial charge in [-0.15, -0.1) is 0 Å². The van der Waals surface area contributed by atoms with E-state index in [0.29, 0.717) is 18.8 Å². The number of benzene rings is 1. The molecule has 7 heteroatoms. The Bertz CT molecular complexity index is 493. The molecule has 7 nitrogen and oxygen atoms in total. The monoisotopic (exact) mass is 294 g/mol. The van der Waals surface area contributed by atoms with Gasteiger partial charge in [-0.2, -0.15) is 0 Å². The predicted molar refractivity (Wildman–Crippen MR) is 80.8 cm³/mol. The van der Waals surface area contributed by atoms with Gasteiger partial charge in [-0.3, -0.25) is 20.9 Å². The topological polar surface area (TPSA) is 93.7 Å². The third-order valence-electron chi connectivity index (χ3n) is 3.73. The molecular formula is C14H22N4O3. The van der Waals surface area contributed by atoms with Crippen LogP contribution in [0, 0.1) is 10.1 Å². The van der Waals surface area contributed by atoms with Crippen LogP contribution in [-0.2, 0) is 11.3 Å². The van der Waals surface area contributed by atoms with E-state index in [1.54, 1.807) is 6.07 Å². The lowest BCUT2D eigenvalue weighted by atomic mass is 10.1. The minimum absolute atomic E-state index is 0.00775. The molecule has 1 atom stereocenters. The van der Waals surface area contributed by atoms with E-state index >= 15 is 0 Å². The highest BCUT2D eigenvalue weighted by Gasteiger charge is 2.23. The molecule has 1 saturated heterocycles. The molecule has 2 rings (SSSR count). The largest absolute Gasteiger partial charge is 0.377 e. The molecule has 1 aromatic rings. The van der Waals surface area contributed by atoms with Crippen LogP contribution in [0.4, 0.5) is 11.4 Å². The molecule has 1 aromatic carbocycles. The molecule has 0 amide bonds. The van der Waals surface area contributed by atoms with Crippen LogP contribution in [0.2, 0.25) is 0 Å². The van der Waals surface area contributed by atoms with E-state index in [1.807, 2.05) is 13.0 Å². The number of nitrogens with two attached hydrogens (primary N) is 1. The number of hydrogen-bond donors (Lipinski definition) is 2. The number of hydrazine groups is 1. The Labute approximate surface area is 124 Å². The van der Waals surface area contributed by atoms with Gasteiger partial charge in [-0.25, -0.2) is 0 Å². The van der Waals surface area contributed by atoms with Crippen LogP contribution in [0.15, 0.2) is 18.2 Å². The van der Waals surface area contributed by atoms with Gasteiger partial charge in [-0.1, -0.05) is 12.1 Å². The molecule has 116 valence electrons. The zero-order valence-electron chi connectivity index (χ0n) is 12.2. The number of nitro benzene ring substituents is 1. The van der Waals surface area contributed by atoms with Crippen molar-refractivity contribution in [2.45, 2.75) is 32.4 Å². The van der Waals surface area contributed by atoms with E-state index in [-0.39, 0.29) is 11.8 Å². The van der Waals surface area contributed by atoms with Gasteiger partial charge in [0.05, 0.1) is 11.0 Å². The van der Waals surface area contributed by atoms with Gasteiger partial charge in [0, 0.05) is 25.8 Å². The fraction of sp³-hybridized carbons (Fsp3) is 0.571. The average Bonchev–Trinajstić information content (AvgIpc) is 2.47. The summed E-state index contributed by atoms with van der Waals surface area (Å²) in [7, 11) is 0. The van der Waals surface area contributed by atoms with Gasteiger partial charge in [-0.05, 0) is 31.9 Å². The zero-order valence-corrected chi connectivity index (χ0v) is 12.2. The van der Waals surface area contributed by atoms with Crippen molar-refractivity contribution in [2.75, 3.05) is 25.1 Å². The van der Waals surface area contributed by atoms with Crippen LogP contribution in [0.25, 0.3) is 0 Å². The molecule has 1 heterocycles. The Morgan fingerprint density at radius 2 is 2.38 bits per heavy atom. The summed E-state index contributed by atoms with van der Waals surface area (Å²) in [4.78, 5) is 12.9. The van der Waals surface area contributed by atoms with E-state index in [9.17, 15) is 10.1 Å². The third-order valence-corrected chi connectivity index (χ3v) is 3.73. The van der Waals surface area contributed by atoms with Gasteiger partial charge < -0.3 is 10.2 Å². The molecule has 21 heavy (non-hydrogen) atoms. The zero-order chi connectivity index (χ0) is 15.2. The first kappa shape index (κ1) is 15.7. The van der Waals surface area contributed by atoms with Crippen molar-refractivity contribution in [3.05, 3.63) is 33.9 Å². The molecule has 0 spiro atoms. The minimum atomic E-state index is -0.419. The Morgan fingerprint density at radius 1 is 1.57 bits per heavy atom. The SMILES string of the molecule is CCOC1CCCN(Cc2cccc([N+](=O)[O-])c2NN)C1. The van der Waals surface area contributed by atoms with Gasteiger partial charge >= 0.3 is 0 Å². The van der Waals surface area contributed by atoms with Crippen LogP contribution in [-0.4, -0.2) is 35.6 Å². The second-order valence-corrected chi connectivity index (χ2v) is 5.17. The molecule has 0 saturated carbocycles. The van der Waals surface area contributed by atoms with Crippen molar-refractivity contribution >= 4 is 11.4 Å². The molecule has 0 aromatic heterocycles. The van der Waals surface area contributed by atoms with Crippen molar-refractivity contribution in [3.8, 4) is 0 Å². The van der Waals surface area contributed by atoms with Crippen molar-refractivity contribution in [1.29, 1.82) is 0 Å². The van der Waals surface area contributed by atoms with E-state index in [4.69, 9.17) is 10.6 Å². The number of rotatable bonds is 6. The summed E-state index contributed by atoms with van der Waals surface area (Å²) in [5.74, 6) is 5.47. The summed E-state index contributed by atoms with van der Waals surface area (Å²) in [6, 6.07) is 5.02. The third kappa shape index (κ3) is 3.90. The van der Waals surface area contributed by atoms with Gasteiger partial charge in [0.2, 0.25) is 0 Å². The number of nitrogen functional groups attached to an aromatic ring is 1. The Kier molecular flexibility index (Phi) is 5.49. The molecule has 1 unspecified atom stereocenters. The summed E-state index contributed by atoms with van der Waals surface area (Å²) in [6.07, 6.45) is 2.39. The first-order valence-electron chi connectivity index (χ1n) is 7.22. The standard InChI is InChI=1S/C14H22N4O3/c1-2-21-12-6-4-8-17(10-12)9-11-5-3-7-13(18(19)20)14(11)16-15/h3,5,7,12,16H,2,4,6,8-10,15H2,1H3. The average molecular weight is 294 g/mol. The Hall–Kier alpha value is -1.70. The molecule has 1 fully saturated rings. The van der Waals surface area contributed by atoms with E-state index in [1.165, 1.54) is 6.07 Å². The highest BCUT2D eigenvalue weighted by atomic mass is 16.6. The quantitative estimate of drug-likeness (QED) is 0.472. The fourth-order valence-electron chi connectivity index (χ4n) is 2.81. The number of nitrogens with one attached hydrogen (secondary N) is 1. The number of para-hydroxylation sites is 1. The van der Waals surface area contributed by atoms with Crippen molar-refractivity contribution < 1.29 is 9.66 Å². The highest BCUT2D eigenvalue weighted by Crippen LogP contribution is 2.29. The summed E-state index contributed by atoms with van der Waals surface area (Å²) < 4.78 is 5.68. The number of nitrogens with zero attached hydrogens (tertiary/aromatic N) is 2. The maximum absolute atomic E-state index is 11.0. The molecular weight excluding hydrogens is 272 g/mol. The molecule has 3 N–H and O–H groups in total. The second kappa shape index (κ2) is 7.35. The van der Waals surface area contributed by atoms with E-state index < -0.39 is 4.92 Å².